The van der Waals surface area contributed by atoms with Crippen molar-refractivity contribution in [3.63, 3.8) is 0 Å². The molecule has 1 aromatic carbocycles. The lowest BCUT2D eigenvalue weighted by molar-refractivity contribution is 0.0510. The topological polar surface area (TPSA) is 42.9 Å². The number of methoxy groups -OCH3 is 1. The Hall–Kier alpha value is -0.500. The molecule has 4 nitrogen and oxygen atoms in total. The van der Waals surface area contributed by atoms with Crippen LogP contribution in [0.25, 0.3) is 3.58 Å². The number of hydrogen-bond donors (Lipinski definition) is 1. The Morgan fingerprint density at radius 3 is 2.90 bits per heavy atom. The van der Waals surface area contributed by atoms with Crippen LogP contribution in [0.4, 0.5) is 0 Å². The highest BCUT2D eigenvalue weighted by Crippen LogP contribution is 2.33. The van der Waals surface area contributed by atoms with Gasteiger partial charge in [0.2, 0.25) is 0 Å². The molecule has 0 unspecified atom stereocenters. The molecule has 1 rings (SSSR count). The van der Waals surface area contributed by atoms with E-state index < -0.39 is 0 Å². The van der Waals surface area contributed by atoms with Gasteiger partial charge in [-0.15, -0.1) is 0 Å². The molecule has 0 aromatic heterocycles. The second-order valence-electron chi connectivity index (χ2n) is 3.62. The van der Waals surface area contributed by atoms with E-state index in [1.807, 2.05) is 13.0 Å². The Labute approximate surface area is 142 Å². The molecular weight excluding hydrogens is 414 g/mol. The highest BCUT2D eigenvalue weighted by Gasteiger charge is 2.08. The van der Waals surface area contributed by atoms with Gasteiger partial charge in [0.15, 0.2) is 12.1 Å². The summed E-state index contributed by atoms with van der Waals surface area (Å²) in [6.07, 6.45) is 1.66. The van der Waals surface area contributed by atoms with Crippen LogP contribution in [-0.2, 0) is 4.74 Å². The Bertz CT molecular complexity index is 507. The van der Waals surface area contributed by atoms with Crippen LogP contribution in [0.5, 0.6) is 5.75 Å². The van der Waals surface area contributed by atoms with Gasteiger partial charge in [-0.3, -0.25) is 0 Å². The molecule has 0 saturated carbocycles. The third-order valence-electron chi connectivity index (χ3n) is 2.15. The molecule has 0 aliphatic rings. The minimum atomic E-state index is 0.151. The van der Waals surface area contributed by atoms with Gasteiger partial charge in [-0.2, -0.15) is 0 Å². The average molecular weight is 429 g/mol. The first-order chi connectivity index (χ1) is 9.58. The molecule has 0 atom stereocenters. The first kappa shape index (κ1) is 17.6. The molecule has 0 heterocycles. The number of rotatable bonds is 6. The van der Waals surface area contributed by atoms with E-state index in [0.29, 0.717) is 16.1 Å². The highest BCUT2D eigenvalue weighted by atomic mass is 127. The SMILES string of the molecule is CCN/C(Cl)=N\C=C(/I)c1ccc(Cl)cc1OCOC. The van der Waals surface area contributed by atoms with Crippen molar-refractivity contribution in [1.82, 2.24) is 5.32 Å². The Morgan fingerprint density at radius 1 is 1.50 bits per heavy atom. The molecule has 0 amide bonds. The summed E-state index contributed by atoms with van der Waals surface area (Å²) < 4.78 is 11.3. The Kier molecular flexibility index (Phi) is 8.28. The second kappa shape index (κ2) is 9.44. The number of nitrogens with zero attached hydrogens (tertiary/aromatic N) is 1. The summed E-state index contributed by atoms with van der Waals surface area (Å²) in [4.78, 5) is 4.12. The maximum atomic E-state index is 5.97. The quantitative estimate of drug-likeness (QED) is 0.242. The third kappa shape index (κ3) is 5.87. The number of benzene rings is 1. The molecular formula is C13H15Cl2IN2O2. The fraction of sp³-hybridized carbons (Fsp3) is 0.308. The molecule has 7 heteroatoms. The van der Waals surface area contributed by atoms with E-state index in [2.05, 4.69) is 32.9 Å². The van der Waals surface area contributed by atoms with Gasteiger partial charge >= 0.3 is 0 Å². The van der Waals surface area contributed by atoms with Crippen LogP contribution in [-0.4, -0.2) is 25.7 Å². The van der Waals surface area contributed by atoms with Crippen LogP contribution in [0, 0.1) is 0 Å². The summed E-state index contributed by atoms with van der Waals surface area (Å²) in [5.74, 6) is 0.634. The predicted octanol–water partition coefficient (Wildman–Crippen LogP) is 4.26. The van der Waals surface area contributed by atoms with E-state index >= 15 is 0 Å². The van der Waals surface area contributed by atoms with Gasteiger partial charge < -0.3 is 14.8 Å². The van der Waals surface area contributed by atoms with Crippen LogP contribution >= 0.6 is 45.8 Å². The largest absolute Gasteiger partial charge is 0.467 e. The molecule has 20 heavy (non-hydrogen) atoms. The summed E-state index contributed by atoms with van der Waals surface area (Å²) in [6, 6.07) is 5.39. The molecule has 0 fully saturated rings. The molecule has 1 N–H and O–H groups in total. The van der Waals surface area contributed by atoms with Gasteiger partial charge in [-0.05, 0) is 59.3 Å². The van der Waals surface area contributed by atoms with Gasteiger partial charge in [0.1, 0.15) is 5.75 Å². The molecule has 0 bridgehead atoms. The normalized spacial score (nSPS) is 12.4. The summed E-state index contributed by atoms with van der Waals surface area (Å²) in [6.45, 7) is 2.82. The van der Waals surface area contributed by atoms with E-state index in [9.17, 15) is 0 Å². The molecule has 0 radical (unpaired) electrons. The maximum Gasteiger partial charge on any atom is 0.195 e. The lowest BCUT2D eigenvalue weighted by Gasteiger charge is -2.10. The van der Waals surface area contributed by atoms with E-state index in [1.54, 1.807) is 25.4 Å². The van der Waals surface area contributed by atoms with Crippen molar-refractivity contribution in [3.05, 3.63) is 35.0 Å². The zero-order valence-electron chi connectivity index (χ0n) is 11.1. The van der Waals surface area contributed by atoms with Crippen LogP contribution in [0.15, 0.2) is 29.4 Å². The third-order valence-corrected chi connectivity index (χ3v) is 3.47. The van der Waals surface area contributed by atoms with Crippen molar-refractivity contribution >= 4 is 54.7 Å². The van der Waals surface area contributed by atoms with Crippen LogP contribution in [0.3, 0.4) is 0 Å². The van der Waals surface area contributed by atoms with Crippen molar-refractivity contribution in [2.75, 3.05) is 20.4 Å². The smallest absolute Gasteiger partial charge is 0.195 e. The van der Waals surface area contributed by atoms with E-state index in [0.717, 1.165) is 15.7 Å². The summed E-state index contributed by atoms with van der Waals surface area (Å²) >= 11 is 14.0. The number of hydrogen-bond acceptors (Lipinski definition) is 3. The summed E-state index contributed by atoms with van der Waals surface area (Å²) in [5, 5.41) is 3.84. The fourth-order valence-electron chi connectivity index (χ4n) is 1.31. The number of ether oxygens (including phenoxy) is 2. The molecule has 1 aromatic rings. The van der Waals surface area contributed by atoms with Crippen LogP contribution < -0.4 is 10.1 Å². The zero-order chi connectivity index (χ0) is 15.0. The van der Waals surface area contributed by atoms with E-state index in [4.69, 9.17) is 32.7 Å². The van der Waals surface area contributed by atoms with E-state index in [1.165, 1.54) is 0 Å². The monoisotopic (exact) mass is 428 g/mol. The Balaban J connectivity index is 2.99. The van der Waals surface area contributed by atoms with Crippen molar-refractivity contribution in [2.45, 2.75) is 6.92 Å². The average Bonchev–Trinajstić information content (AvgIpc) is 2.43. The predicted molar refractivity (Wildman–Crippen MR) is 92.9 cm³/mol. The van der Waals surface area contributed by atoms with Gasteiger partial charge in [0, 0.05) is 34.0 Å². The van der Waals surface area contributed by atoms with Crippen molar-refractivity contribution < 1.29 is 9.47 Å². The first-order valence-corrected chi connectivity index (χ1v) is 7.66. The standard InChI is InChI=1S/C13H15Cl2IN2O2/c1-3-17-13(15)18-7-11(16)10-5-4-9(14)6-12(10)20-8-19-2/h4-7H,3,8H2,1-2H3,(H,17,18)/b11-7-. The zero-order valence-corrected chi connectivity index (χ0v) is 14.8. The first-order valence-electron chi connectivity index (χ1n) is 5.83. The van der Waals surface area contributed by atoms with E-state index in [-0.39, 0.29) is 6.79 Å². The highest BCUT2D eigenvalue weighted by molar-refractivity contribution is 14.1. The second-order valence-corrected chi connectivity index (χ2v) is 5.58. The molecule has 0 spiro atoms. The molecule has 110 valence electrons. The molecule has 0 aliphatic carbocycles. The Morgan fingerprint density at radius 2 is 2.25 bits per heavy atom. The van der Waals surface area contributed by atoms with Crippen molar-refractivity contribution in [1.29, 1.82) is 0 Å². The van der Waals surface area contributed by atoms with Gasteiger partial charge in [-0.25, -0.2) is 4.99 Å². The minimum Gasteiger partial charge on any atom is -0.467 e. The lowest BCUT2D eigenvalue weighted by Crippen LogP contribution is -2.16. The van der Waals surface area contributed by atoms with Crippen LogP contribution in [0.2, 0.25) is 5.02 Å². The van der Waals surface area contributed by atoms with Crippen molar-refractivity contribution in [2.24, 2.45) is 4.99 Å². The van der Waals surface area contributed by atoms with Gasteiger partial charge in [-0.1, -0.05) is 11.6 Å². The number of aliphatic imine (C=N–C) groups is 1. The molecule has 0 saturated heterocycles. The number of halogens is 3. The number of amidine groups is 1. The summed E-state index contributed by atoms with van der Waals surface area (Å²) in [5.41, 5.74) is 0.872. The van der Waals surface area contributed by atoms with Crippen molar-refractivity contribution in [3.8, 4) is 5.75 Å². The minimum absolute atomic E-state index is 0.151. The van der Waals surface area contributed by atoms with Gasteiger partial charge in [0.25, 0.3) is 0 Å². The lowest BCUT2D eigenvalue weighted by atomic mass is 10.2. The van der Waals surface area contributed by atoms with Crippen LogP contribution in [0.1, 0.15) is 12.5 Å². The fourth-order valence-corrected chi connectivity index (χ4v) is 2.24. The summed E-state index contributed by atoms with van der Waals surface area (Å²) in [7, 11) is 1.56. The van der Waals surface area contributed by atoms with Gasteiger partial charge in [0.05, 0.1) is 0 Å². The molecule has 0 aliphatic heterocycles. The number of nitrogens with one attached hydrogen (secondary N) is 1. The maximum absolute atomic E-state index is 5.97.